The average Bonchev–Trinajstić information content (AvgIpc) is 3.09. The summed E-state index contributed by atoms with van der Waals surface area (Å²) in [5.41, 5.74) is 0. The Bertz CT molecular complexity index is 216. The molecular formula is C13H26N2O. The average molecular weight is 226 g/mol. The van der Waals surface area contributed by atoms with E-state index in [1.54, 1.807) is 0 Å². The Balaban J connectivity index is 1.80. The van der Waals surface area contributed by atoms with E-state index in [1.165, 1.54) is 19.4 Å². The molecule has 1 saturated carbocycles. The van der Waals surface area contributed by atoms with E-state index in [-0.39, 0.29) is 6.10 Å². The SMILES string of the molecule is CCN1CC(NCC2CC2)CC(C(C)O)C1. The summed E-state index contributed by atoms with van der Waals surface area (Å²) in [6.45, 7) is 8.66. The molecule has 1 heterocycles. The van der Waals surface area contributed by atoms with E-state index in [9.17, 15) is 5.11 Å². The van der Waals surface area contributed by atoms with Crippen molar-refractivity contribution in [3.63, 3.8) is 0 Å². The maximum atomic E-state index is 9.74. The quantitative estimate of drug-likeness (QED) is 0.736. The second-order valence-electron chi connectivity index (χ2n) is 5.64. The van der Waals surface area contributed by atoms with Gasteiger partial charge in [-0.25, -0.2) is 0 Å². The third-order valence-electron chi connectivity index (χ3n) is 4.08. The monoisotopic (exact) mass is 226 g/mol. The van der Waals surface area contributed by atoms with Crippen molar-refractivity contribution < 1.29 is 5.11 Å². The number of aliphatic hydroxyl groups is 1. The Morgan fingerprint density at radius 2 is 2.12 bits per heavy atom. The number of likely N-dealkylation sites (N-methyl/N-ethyl adjacent to an activating group) is 1. The summed E-state index contributed by atoms with van der Waals surface area (Å²) in [5.74, 6) is 1.40. The zero-order valence-corrected chi connectivity index (χ0v) is 10.7. The van der Waals surface area contributed by atoms with Crippen LogP contribution in [0.15, 0.2) is 0 Å². The maximum absolute atomic E-state index is 9.74. The van der Waals surface area contributed by atoms with Gasteiger partial charge in [0.15, 0.2) is 0 Å². The minimum Gasteiger partial charge on any atom is -0.393 e. The van der Waals surface area contributed by atoms with E-state index in [0.29, 0.717) is 12.0 Å². The summed E-state index contributed by atoms with van der Waals surface area (Å²) < 4.78 is 0. The van der Waals surface area contributed by atoms with Gasteiger partial charge in [0.2, 0.25) is 0 Å². The van der Waals surface area contributed by atoms with Crippen LogP contribution in [-0.2, 0) is 0 Å². The van der Waals surface area contributed by atoms with Crippen LogP contribution in [0.2, 0.25) is 0 Å². The second-order valence-corrected chi connectivity index (χ2v) is 5.64. The van der Waals surface area contributed by atoms with E-state index in [2.05, 4.69) is 17.1 Å². The van der Waals surface area contributed by atoms with Gasteiger partial charge in [-0.3, -0.25) is 0 Å². The lowest BCUT2D eigenvalue weighted by Gasteiger charge is -2.39. The number of hydrogen-bond acceptors (Lipinski definition) is 3. The molecule has 2 aliphatic rings. The van der Waals surface area contributed by atoms with E-state index in [0.717, 1.165) is 32.0 Å². The number of nitrogens with zero attached hydrogens (tertiary/aromatic N) is 1. The highest BCUT2D eigenvalue weighted by Gasteiger charge is 2.30. The van der Waals surface area contributed by atoms with Crippen LogP contribution in [0.1, 0.15) is 33.1 Å². The summed E-state index contributed by atoms with van der Waals surface area (Å²) in [7, 11) is 0. The molecule has 16 heavy (non-hydrogen) atoms. The standard InChI is InChI=1S/C13H26N2O/c1-3-15-8-12(10(2)16)6-13(9-15)14-7-11-4-5-11/h10-14,16H,3-9H2,1-2H3. The molecule has 2 rings (SSSR count). The van der Waals surface area contributed by atoms with Gasteiger partial charge >= 0.3 is 0 Å². The largest absolute Gasteiger partial charge is 0.393 e. The molecule has 1 aliphatic carbocycles. The minimum absolute atomic E-state index is 0.167. The number of aliphatic hydroxyl groups excluding tert-OH is 1. The van der Waals surface area contributed by atoms with Crippen LogP contribution in [0, 0.1) is 11.8 Å². The fourth-order valence-corrected chi connectivity index (χ4v) is 2.64. The van der Waals surface area contributed by atoms with Crippen LogP contribution in [0.3, 0.4) is 0 Å². The van der Waals surface area contributed by atoms with Crippen LogP contribution < -0.4 is 5.32 Å². The first-order valence-corrected chi connectivity index (χ1v) is 6.82. The molecule has 1 aliphatic heterocycles. The van der Waals surface area contributed by atoms with E-state index in [4.69, 9.17) is 0 Å². The zero-order valence-electron chi connectivity index (χ0n) is 10.7. The first-order valence-electron chi connectivity index (χ1n) is 6.82. The van der Waals surface area contributed by atoms with E-state index >= 15 is 0 Å². The molecular weight excluding hydrogens is 200 g/mol. The van der Waals surface area contributed by atoms with Crippen molar-refractivity contribution >= 4 is 0 Å². The first-order chi connectivity index (χ1) is 7.69. The fourth-order valence-electron chi connectivity index (χ4n) is 2.64. The van der Waals surface area contributed by atoms with Gasteiger partial charge in [-0.1, -0.05) is 6.92 Å². The predicted molar refractivity (Wildman–Crippen MR) is 66.4 cm³/mol. The van der Waals surface area contributed by atoms with Crippen LogP contribution in [0.5, 0.6) is 0 Å². The minimum atomic E-state index is -0.167. The molecule has 0 bridgehead atoms. The predicted octanol–water partition coefficient (Wildman–Crippen LogP) is 1.08. The van der Waals surface area contributed by atoms with Gasteiger partial charge in [-0.05, 0) is 51.1 Å². The molecule has 3 nitrogen and oxygen atoms in total. The Kier molecular flexibility index (Phi) is 4.22. The van der Waals surface area contributed by atoms with Gasteiger partial charge in [-0.15, -0.1) is 0 Å². The lowest BCUT2D eigenvalue weighted by atomic mass is 9.90. The van der Waals surface area contributed by atoms with Crippen molar-refractivity contribution in [2.24, 2.45) is 11.8 Å². The molecule has 2 fully saturated rings. The molecule has 2 N–H and O–H groups in total. The number of piperidine rings is 1. The Hall–Kier alpha value is -0.120. The number of nitrogens with one attached hydrogen (secondary N) is 1. The highest BCUT2D eigenvalue weighted by Crippen LogP contribution is 2.28. The molecule has 3 atom stereocenters. The topological polar surface area (TPSA) is 35.5 Å². The summed E-state index contributed by atoms with van der Waals surface area (Å²) in [6.07, 6.45) is 3.80. The van der Waals surface area contributed by atoms with Crippen LogP contribution in [-0.4, -0.2) is 48.3 Å². The molecule has 0 radical (unpaired) electrons. The van der Waals surface area contributed by atoms with Crippen molar-refractivity contribution in [1.82, 2.24) is 10.2 Å². The van der Waals surface area contributed by atoms with Gasteiger partial charge in [0.05, 0.1) is 6.10 Å². The molecule has 3 heteroatoms. The molecule has 94 valence electrons. The van der Waals surface area contributed by atoms with Crippen molar-refractivity contribution in [3.05, 3.63) is 0 Å². The summed E-state index contributed by atoms with van der Waals surface area (Å²) in [6, 6.07) is 0.592. The molecule has 3 unspecified atom stereocenters. The molecule has 0 aromatic heterocycles. The maximum Gasteiger partial charge on any atom is 0.0553 e. The summed E-state index contributed by atoms with van der Waals surface area (Å²) >= 11 is 0. The van der Waals surface area contributed by atoms with Gasteiger partial charge in [0, 0.05) is 19.1 Å². The first kappa shape index (κ1) is 12.3. The van der Waals surface area contributed by atoms with Gasteiger partial charge in [-0.2, -0.15) is 0 Å². The van der Waals surface area contributed by atoms with Crippen LogP contribution >= 0.6 is 0 Å². The summed E-state index contributed by atoms with van der Waals surface area (Å²) in [5, 5.41) is 13.4. The third kappa shape index (κ3) is 3.44. The van der Waals surface area contributed by atoms with E-state index in [1.807, 2.05) is 6.92 Å². The molecule has 1 saturated heterocycles. The molecule has 0 aromatic carbocycles. The zero-order chi connectivity index (χ0) is 11.5. The molecule has 0 aromatic rings. The molecule has 0 amide bonds. The van der Waals surface area contributed by atoms with Crippen molar-refractivity contribution in [3.8, 4) is 0 Å². The Labute approximate surface area is 99.2 Å². The number of rotatable bonds is 5. The Morgan fingerprint density at radius 1 is 1.38 bits per heavy atom. The lowest BCUT2D eigenvalue weighted by Crippen LogP contribution is -2.51. The lowest BCUT2D eigenvalue weighted by molar-refractivity contribution is 0.0501. The smallest absolute Gasteiger partial charge is 0.0553 e. The van der Waals surface area contributed by atoms with Crippen LogP contribution in [0.4, 0.5) is 0 Å². The van der Waals surface area contributed by atoms with Crippen molar-refractivity contribution in [2.75, 3.05) is 26.2 Å². The second kappa shape index (κ2) is 5.48. The van der Waals surface area contributed by atoms with Crippen LogP contribution in [0.25, 0.3) is 0 Å². The van der Waals surface area contributed by atoms with Crippen molar-refractivity contribution in [2.45, 2.75) is 45.3 Å². The van der Waals surface area contributed by atoms with Crippen molar-refractivity contribution in [1.29, 1.82) is 0 Å². The van der Waals surface area contributed by atoms with E-state index < -0.39 is 0 Å². The van der Waals surface area contributed by atoms with Gasteiger partial charge in [0.1, 0.15) is 0 Å². The highest BCUT2D eigenvalue weighted by atomic mass is 16.3. The normalized spacial score (nSPS) is 33.9. The highest BCUT2D eigenvalue weighted by molar-refractivity contribution is 4.87. The molecule has 0 spiro atoms. The van der Waals surface area contributed by atoms with Gasteiger partial charge < -0.3 is 15.3 Å². The Morgan fingerprint density at radius 3 is 2.69 bits per heavy atom. The third-order valence-corrected chi connectivity index (χ3v) is 4.08. The number of hydrogen-bond donors (Lipinski definition) is 2. The fraction of sp³-hybridized carbons (Fsp3) is 1.00. The summed E-state index contributed by atoms with van der Waals surface area (Å²) in [4.78, 5) is 2.46. The van der Waals surface area contributed by atoms with Gasteiger partial charge in [0.25, 0.3) is 0 Å². The number of likely N-dealkylation sites (tertiary alicyclic amines) is 1.